The van der Waals surface area contributed by atoms with Crippen LogP contribution in [-0.4, -0.2) is 34.8 Å². The Hall–Kier alpha value is -1.43. The summed E-state index contributed by atoms with van der Waals surface area (Å²) >= 11 is 1.50. The third-order valence-electron chi connectivity index (χ3n) is 2.71. The maximum atomic E-state index is 11.6. The SMILES string of the molecule is Cc1nc(NC2CC(=O)N(C)C2=O)sc1C. The first-order valence-corrected chi connectivity index (χ1v) is 5.81. The number of likely N-dealkylation sites (tertiary alicyclic amines) is 1. The normalized spacial score (nSPS) is 20.7. The molecule has 5 nitrogen and oxygen atoms in total. The number of nitrogens with zero attached hydrogens (tertiary/aromatic N) is 2. The lowest BCUT2D eigenvalue weighted by molar-refractivity contribution is -0.136. The van der Waals surface area contributed by atoms with Gasteiger partial charge in [0.15, 0.2) is 5.13 Å². The molecule has 1 aromatic heterocycles. The molecule has 6 heteroatoms. The van der Waals surface area contributed by atoms with E-state index in [0.717, 1.165) is 15.5 Å². The van der Waals surface area contributed by atoms with E-state index in [2.05, 4.69) is 10.3 Å². The number of aryl methyl sites for hydroxylation is 2. The van der Waals surface area contributed by atoms with Gasteiger partial charge in [0.2, 0.25) is 5.91 Å². The Morgan fingerprint density at radius 1 is 1.44 bits per heavy atom. The average molecular weight is 239 g/mol. The van der Waals surface area contributed by atoms with E-state index in [1.54, 1.807) is 0 Å². The van der Waals surface area contributed by atoms with Gasteiger partial charge in [-0.15, -0.1) is 11.3 Å². The third kappa shape index (κ3) is 1.80. The molecule has 2 rings (SSSR count). The van der Waals surface area contributed by atoms with Crippen LogP contribution in [0.25, 0.3) is 0 Å². The van der Waals surface area contributed by atoms with E-state index in [0.29, 0.717) is 5.13 Å². The first-order valence-electron chi connectivity index (χ1n) is 5.00. The Bertz CT molecular complexity index is 435. The molecule has 2 amide bonds. The second kappa shape index (κ2) is 3.86. The van der Waals surface area contributed by atoms with Crippen molar-refractivity contribution in [1.29, 1.82) is 0 Å². The van der Waals surface area contributed by atoms with Crippen molar-refractivity contribution in [1.82, 2.24) is 9.88 Å². The fraction of sp³-hybridized carbons (Fsp3) is 0.500. The van der Waals surface area contributed by atoms with Crippen LogP contribution in [0.15, 0.2) is 0 Å². The molecule has 1 aliphatic rings. The van der Waals surface area contributed by atoms with Gasteiger partial charge in [-0.25, -0.2) is 4.98 Å². The van der Waals surface area contributed by atoms with Crippen LogP contribution >= 0.6 is 11.3 Å². The number of likely N-dealkylation sites (N-methyl/N-ethyl adjacent to an activating group) is 1. The van der Waals surface area contributed by atoms with Gasteiger partial charge in [0.1, 0.15) is 6.04 Å². The second-order valence-electron chi connectivity index (χ2n) is 3.85. The summed E-state index contributed by atoms with van der Waals surface area (Å²) in [6.45, 7) is 3.90. The summed E-state index contributed by atoms with van der Waals surface area (Å²) in [5.74, 6) is -0.331. The predicted octanol–water partition coefficient (Wildman–Crippen LogP) is 0.929. The molecule has 1 N–H and O–H groups in total. The first kappa shape index (κ1) is 11.1. The van der Waals surface area contributed by atoms with E-state index >= 15 is 0 Å². The van der Waals surface area contributed by atoms with Gasteiger partial charge < -0.3 is 5.32 Å². The van der Waals surface area contributed by atoms with Crippen LogP contribution in [0.2, 0.25) is 0 Å². The summed E-state index contributed by atoms with van der Waals surface area (Å²) in [6, 6.07) is -0.456. The molecule has 86 valence electrons. The van der Waals surface area contributed by atoms with Crippen LogP contribution in [0.5, 0.6) is 0 Å². The highest BCUT2D eigenvalue weighted by atomic mass is 32.1. The van der Waals surface area contributed by atoms with Crippen LogP contribution < -0.4 is 5.32 Å². The minimum Gasteiger partial charge on any atom is -0.349 e. The smallest absolute Gasteiger partial charge is 0.251 e. The molecular weight excluding hydrogens is 226 g/mol. The largest absolute Gasteiger partial charge is 0.349 e. The Labute approximate surface area is 97.5 Å². The van der Waals surface area contributed by atoms with Crippen molar-refractivity contribution >= 4 is 28.3 Å². The van der Waals surface area contributed by atoms with Crippen LogP contribution in [-0.2, 0) is 9.59 Å². The minimum atomic E-state index is -0.456. The summed E-state index contributed by atoms with van der Waals surface area (Å²) in [5.41, 5.74) is 0.956. The molecule has 2 heterocycles. The van der Waals surface area contributed by atoms with Crippen molar-refractivity contribution in [2.75, 3.05) is 12.4 Å². The number of anilines is 1. The van der Waals surface area contributed by atoms with Crippen LogP contribution in [0.1, 0.15) is 17.0 Å². The zero-order valence-electron chi connectivity index (χ0n) is 9.40. The highest BCUT2D eigenvalue weighted by molar-refractivity contribution is 7.15. The Morgan fingerprint density at radius 3 is 2.56 bits per heavy atom. The predicted molar refractivity (Wildman–Crippen MR) is 61.4 cm³/mol. The molecule has 1 aliphatic heterocycles. The van der Waals surface area contributed by atoms with Gasteiger partial charge in [-0.1, -0.05) is 0 Å². The molecule has 1 unspecified atom stereocenters. The third-order valence-corrected chi connectivity index (χ3v) is 3.71. The van der Waals surface area contributed by atoms with Gasteiger partial charge in [-0.05, 0) is 13.8 Å². The molecule has 0 spiro atoms. The molecule has 0 saturated carbocycles. The monoisotopic (exact) mass is 239 g/mol. The average Bonchev–Trinajstić information content (AvgIpc) is 2.64. The van der Waals surface area contributed by atoms with Crippen molar-refractivity contribution in [3.8, 4) is 0 Å². The molecule has 1 saturated heterocycles. The zero-order valence-corrected chi connectivity index (χ0v) is 10.2. The number of nitrogens with one attached hydrogen (secondary N) is 1. The number of imide groups is 1. The maximum absolute atomic E-state index is 11.6. The standard InChI is InChI=1S/C10H13N3O2S/c1-5-6(2)16-10(11-5)12-7-4-8(14)13(3)9(7)15/h7H,4H2,1-3H3,(H,11,12). The fourth-order valence-electron chi connectivity index (χ4n) is 1.55. The van der Waals surface area contributed by atoms with Crippen LogP contribution in [0.3, 0.4) is 0 Å². The maximum Gasteiger partial charge on any atom is 0.251 e. The van der Waals surface area contributed by atoms with E-state index < -0.39 is 6.04 Å². The number of hydrogen-bond donors (Lipinski definition) is 1. The molecule has 0 aliphatic carbocycles. The fourth-order valence-corrected chi connectivity index (χ4v) is 2.42. The van der Waals surface area contributed by atoms with Crippen molar-refractivity contribution in [2.45, 2.75) is 26.3 Å². The Morgan fingerprint density at radius 2 is 2.12 bits per heavy atom. The van der Waals surface area contributed by atoms with Crippen molar-refractivity contribution in [3.63, 3.8) is 0 Å². The van der Waals surface area contributed by atoms with Crippen LogP contribution in [0.4, 0.5) is 5.13 Å². The number of rotatable bonds is 2. The summed E-state index contributed by atoms with van der Waals surface area (Å²) in [7, 11) is 1.50. The quantitative estimate of drug-likeness (QED) is 0.780. The van der Waals surface area contributed by atoms with E-state index in [9.17, 15) is 9.59 Å². The molecule has 1 atom stereocenters. The van der Waals surface area contributed by atoms with Gasteiger partial charge in [0.05, 0.1) is 12.1 Å². The lowest BCUT2D eigenvalue weighted by Crippen LogP contribution is -2.31. The molecule has 16 heavy (non-hydrogen) atoms. The van der Waals surface area contributed by atoms with Crippen molar-refractivity contribution in [3.05, 3.63) is 10.6 Å². The van der Waals surface area contributed by atoms with Crippen molar-refractivity contribution in [2.24, 2.45) is 0 Å². The summed E-state index contributed by atoms with van der Waals surface area (Å²) < 4.78 is 0. The minimum absolute atomic E-state index is 0.146. The molecule has 0 radical (unpaired) electrons. The lowest BCUT2D eigenvalue weighted by Gasteiger charge is -2.09. The van der Waals surface area contributed by atoms with E-state index in [1.165, 1.54) is 18.4 Å². The molecule has 1 aromatic rings. The topological polar surface area (TPSA) is 62.3 Å². The van der Waals surface area contributed by atoms with E-state index in [1.807, 2.05) is 13.8 Å². The van der Waals surface area contributed by atoms with Gasteiger partial charge >= 0.3 is 0 Å². The number of aromatic nitrogens is 1. The Balaban J connectivity index is 2.11. The molecule has 0 aromatic carbocycles. The number of carbonyl (C=O) groups is 2. The van der Waals surface area contributed by atoms with Gasteiger partial charge in [-0.3, -0.25) is 14.5 Å². The van der Waals surface area contributed by atoms with E-state index in [-0.39, 0.29) is 18.2 Å². The second-order valence-corrected chi connectivity index (χ2v) is 5.06. The number of carbonyl (C=O) groups excluding carboxylic acids is 2. The Kier molecular flexibility index (Phi) is 2.67. The number of hydrogen-bond acceptors (Lipinski definition) is 5. The summed E-state index contributed by atoms with van der Waals surface area (Å²) in [5, 5.41) is 3.71. The molecule has 0 bridgehead atoms. The first-order chi connectivity index (χ1) is 7.49. The van der Waals surface area contributed by atoms with Gasteiger partial charge in [0.25, 0.3) is 5.91 Å². The number of amides is 2. The van der Waals surface area contributed by atoms with Gasteiger partial charge in [-0.2, -0.15) is 0 Å². The highest BCUT2D eigenvalue weighted by Crippen LogP contribution is 2.24. The number of thiazole rings is 1. The summed E-state index contributed by atoms with van der Waals surface area (Å²) in [6.07, 6.45) is 0.215. The highest BCUT2D eigenvalue weighted by Gasteiger charge is 2.36. The van der Waals surface area contributed by atoms with E-state index in [4.69, 9.17) is 0 Å². The molecule has 1 fully saturated rings. The van der Waals surface area contributed by atoms with Crippen LogP contribution in [0, 0.1) is 13.8 Å². The lowest BCUT2D eigenvalue weighted by atomic mass is 10.2. The summed E-state index contributed by atoms with van der Waals surface area (Å²) in [4.78, 5) is 29.5. The molecular formula is C10H13N3O2S. The van der Waals surface area contributed by atoms with Crippen molar-refractivity contribution < 1.29 is 9.59 Å². The van der Waals surface area contributed by atoms with Gasteiger partial charge in [0, 0.05) is 11.9 Å². The zero-order chi connectivity index (χ0) is 11.9.